The Morgan fingerprint density at radius 2 is 1.90 bits per heavy atom. The summed E-state index contributed by atoms with van der Waals surface area (Å²) in [4.78, 5) is 11.5. The summed E-state index contributed by atoms with van der Waals surface area (Å²) in [6.07, 6.45) is 1.51. The standard InChI is InChI=1S/C15H24N2O3/c1-20-12-10-17-15(19)16-9-7-14(8-11-18)13-5-3-2-4-6-13/h2-6,14,18H,7-12H2,1H3,(H2,16,17,19)/t14-/m0/s1. The summed E-state index contributed by atoms with van der Waals surface area (Å²) < 4.78 is 4.85. The topological polar surface area (TPSA) is 70.6 Å². The first-order valence-electron chi connectivity index (χ1n) is 6.94. The Morgan fingerprint density at radius 1 is 1.20 bits per heavy atom. The number of benzene rings is 1. The molecule has 0 unspecified atom stereocenters. The van der Waals surface area contributed by atoms with Gasteiger partial charge >= 0.3 is 6.03 Å². The highest BCUT2D eigenvalue weighted by Gasteiger charge is 2.11. The van der Waals surface area contributed by atoms with E-state index in [9.17, 15) is 4.79 Å². The second-order valence-electron chi connectivity index (χ2n) is 4.58. The highest BCUT2D eigenvalue weighted by atomic mass is 16.5. The molecule has 0 saturated carbocycles. The van der Waals surface area contributed by atoms with Crippen LogP contribution in [0.1, 0.15) is 24.3 Å². The van der Waals surface area contributed by atoms with Crippen LogP contribution in [0.15, 0.2) is 30.3 Å². The number of rotatable bonds is 9. The molecular weight excluding hydrogens is 256 g/mol. The lowest BCUT2D eigenvalue weighted by Crippen LogP contribution is -2.38. The van der Waals surface area contributed by atoms with E-state index in [0.29, 0.717) is 26.1 Å². The van der Waals surface area contributed by atoms with Crippen LogP contribution in [0.25, 0.3) is 0 Å². The van der Waals surface area contributed by atoms with E-state index in [1.807, 2.05) is 18.2 Å². The second-order valence-corrected chi connectivity index (χ2v) is 4.58. The molecule has 1 rings (SSSR count). The fourth-order valence-electron chi connectivity index (χ4n) is 2.05. The number of hydrogen-bond acceptors (Lipinski definition) is 3. The van der Waals surface area contributed by atoms with Crippen molar-refractivity contribution >= 4 is 6.03 Å². The van der Waals surface area contributed by atoms with Crippen LogP contribution in [-0.2, 0) is 4.74 Å². The van der Waals surface area contributed by atoms with Crippen LogP contribution in [-0.4, -0.2) is 44.6 Å². The maximum atomic E-state index is 11.5. The zero-order valence-electron chi connectivity index (χ0n) is 12.0. The third-order valence-electron chi connectivity index (χ3n) is 3.12. The molecule has 0 bridgehead atoms. The highest BCUT2D eigenvalue weighted by molar-refractivity contribution is 5.73. The summed E-state index contributed by atoms with van der Waals surface area (Å²) in [6.45, 7) is 1.74. The lowest BCUT2D eigenvalue weighted by Gasteiger charge is -2.16. The van der Waals surface area contributed by atoms with Gasteiger partial charge in [-0.1, -0.05) is 30.3 Å². The zero-order valence-corrected chi connectivity index (χ0v) is 12.0. The molecule has 1 atom stereocenters. The van der Waals surface area contributed by atoms with Crippen molar-refractivity contribution in [2.24, 2.45) is 0 Å². The van der Waals surface area contributed by atoms with Crippen LogP contribution >= 0.6 is 0 Å². The number of aliphatic hydroxyl groups excluding tert-OH is 1. The van der Waals surface area contributed by atoms with Crippen molar-refractivity contribution in [3.05, 3.63) is 35.9 Å². The Labute approximate surface area is 120 Å². The van der Waals surface area contributed by atoms with Gasteiger partial charge in [-0.15, -0.1) is 0 Å². The molecule has 2 amide bonds. The van der Waals surface area contributed by atoms with Gasteiger partial charge in [0.15, 0.2) is 0 Å². The number of carbonyl (C=O) groups is 1. The third-order valence-corrected chi connectivity index (χ3v) is 3.12. The van der Waals surface area contributed by atoms with Gasteiger partial charge in [-0.2, -0.15) is 0 Å². The lowest BCUT2D eigenvalue weighted by atomic mass is 9.93. The van der Waals surface area contributed by atoms with Gasteiger partial charge in [0, 0.05) is 26.8 Å². The Bertz CT molecular complexity index is 371. The first-order chi connectivity index (χ1) is 9.77. The second kappa shape index (κ2) is 10.2. The average Bonchev–Trinajstić information content (AvgIpc) is 2.47. The number of ether oxygens (including phenoxy) is 1. The maximum absolute atomic E-state index is 11.5. The number of methoxy groups -OCH3 is 1. The van der Waals surface area contributed by atoms with E-state index in [0.717, 1.165) is 6.42 Å². The fourth-order valence-corrected chi connectivity index (χ4v) is 2.05. The molecule has 0 aliphatic carbocycles. The van der Waals surface area contributed by atoms with Gasteiger partial charge in [0.2, 0.25) is 0 Å². The van der Waals surface area contributed by atoms with E-state index in [-0.39, 0.29) is 18.6 Å². The number of carbonyl (C=O) groups excluding carboxylic acids is 1. The normalized spacial score (nSPS) is 11.9. The van der Waals surface area contributed by atoms with E-state index < -0.39 is 0 Å². The molecule has 0 radical (unpaired) electrons. The van der Waals surface area contributed by atoms with Gasteiger partial charge < -0.3 is 20.5 Å². The third kappa shape index (κ3) is 6.54. The van der Waals surface area contributed by atoms with E-state index in [1.165, 1.54) is 5.56 Å². The van der Waals surface area contributed by atoms with Crippen molar-refractivity contribution in [1.82, 2.24) is 10.6 Å². The van der Waals surface area contributed by atoms with Crippen molar-refractivity contribution in [2.75, 3.05) is 33.4 Å². The molecule has 20 heavy (non-hydrogen) atoms. The number of urea groups is 1. The molecule has 0 fully saturated rings. The smallest absolute Gasteiger partial charge is 0.314 e. The van der Waals surface area contributed by atoms with Crippen LogP contribution in [0, 0.1) is 0 Å². The van der Waals surface area contributed by atoms with Gasteiger partial charge in [-0.05, 0) is 24.3 Å². The lowest BCUT2D eigenvalue weighted by molar-refractivity contribution is 0.195. The van der Waals surface area contributed by atoms with E-state index >= 15 is 0 Å². The van der Waals surface area contributed by atoms with Gasteiger partial charge in [0.05, 0.1) is 6.61 Å². The molecular formula is C15H24N2O3. The van der Waals surface area contributed by atoms with Gasteiger partial charge in [-0.25, -0.2) is 4.79 Å². The molecule has 0 aromatic heterocycles. The zero-order chi connectivity index (χ0) is 14.6. The van der Waals surface area contributed by atoms with Gasteiger partial charge in [-0.3, -0.25) is 0 Å². The maximum Gasteiger partial charge on any atom is 0.314 e. The molecule has 1 aromatic carbocycles. The summed E-state index contributed by atoms with van der Waals surface area (Å²) in [6, 6.07) is 9.88. The van der Waals surface area contributed by atoms with Crippen LogP contribution < -0.4 is 10.6 Å². The summed E-state index contributed by atoms with van der Waals surface area (Å²) in [5.74, 6) is 0.264. The van der Waals surface area contributed by atoms with E-state index in [1.54, 1.807) is 7.11 Å². The number of amides is 2. The van der Waals surface area contributed by atoms with Crippen LogP contribution in [0.4, 0.5) is 4.79 Å². The molecule has 0 aliphatic heterocycles. The summed E-state index contributed by atoms with van der Waals surface area (Å²) in [7, 11) is 1.60. The highest BCUT2D eigenvalue weighted by Crippen LogP contribution is 2.22. The monoisotopic (exact) mass is 280 g/mol. The predicted octanol–water partition coefficient (Wildman–Crippen LogP) is 1.49. The minimum absolute atomic E-state index is 0.152. The van der Waals surface area contributed by atoms with E-state index in [4.69, 9.17) is 9.84 Å². The Kier molecular flexibility index (Phi) is 8.42. The van der Waals surface area contributed by atoms with Crippen molar-refractivity contribution in [3.63, 3.8) is 0 Å². The molecule has 0 saturated heterocycles. The minimum atomic E-state index is -0.183. The fraction of sp³-hybridized carbons (Fsp3) is 0.533. The number of aliphatic hydroxyl groups is 1. The minimum Gasteiger partial charge on any atom is -0.396 e. The van der Waals surface area contributed by atoms with Gasteiger partial charge in [0.1, 0.15) is 0 Å². The Hall–Kier alpha value is -1.59. The first kappa shape index (κ1) is 16.5. The van der Waals surface area contributed by atoms with Gasteiger partial charge in [0.25, 0.3) is 0 Å². The van der Waals surface area contributed by atoms with Crippen LogP contribution in [0.3, 0.4) is 0 Å². The van der Waals surface area contributed by atoms with Crippen molar-refractivity contribution < 1.29 is 14.6 Å². The van der Waals surface area contributed by atoms with Crippen molar-refractivity contribution in [1.29, 1.82) is 0 Å². The van der Waals surface area contributed by atoms with E-state index in [2.05, 4.69) is 22.8 Å². The number of hydrogen-bond donors (Lipinski definition) is 3. The van der Waals surface area contributed by atoms with Crippen LogP contribution in [0.5, 0.6) is 0 Å². The summed E-state index contributed by atoms with van der Waals surface area (Å²) in [5, 5.41) is 14.7. The molecule has 0 aliphatic rings. The molecule has 112 valence electrons. The molecule has 0 spiro atoms. The van der Waals surface area contributed by atoms with Crippen molar-refractivity contribution in [2.45, 2.75) is 18.8 Å². The Morgan fingerprint density at radius 3 is 2.55 bits per heavy atom. The molecule has 5 nitrogen and oxygen atoms in total. The average molecular weight is 280 g/mol. The molecule has 0 heterocycles. The summed E-state index contributed by atoms with van der Waals surface area (Å²) in [5.41, 5.74) is 1.20. The molecule has 3 N–H and O–H groups in total. The summed E-state index contributed by atoms with van der Waals surface area (Å²) >= 11 is 0. The largest absolute Gasteiger partial charge is 0.396 e. The molecule has 1 aromatic rings. The predicted molar refractivity (Wildman–Crippen MR) is 78.8 cm³/mol. The Balaban J connectivity index is 2.31. The number of nitrogens with one attached hydrogen (secondary N) is 2. The van der Waals surface area contributed by atoms with Crippen molar-refractivity contribution in [3.8, 4) is 0 Å². The first-order valence-corrected chi connectivity index (χ1v) is 6.94. The quantitative estimate of drug-likeness (QED) is 0.600. The molecule has 5 heteroatoms. The van der Waals surface area contributed by atoms with Crippen LogP contribution in [0.2, 0.25) is 0 Å². The SMILES string of the molecule is COCCNC(=O)NCC[C@@H](CCO)c1ccccc1.